The smallest absolute Gasteiger partial charge is 0.329 e. The van der Waals surface area contributed by atoms with Crippen molar-refractivity contribution >= 4 is 25.7 Å². The zero-order chi connectivity index (χ0) is 28.1. The molecule has 0 aliphatic carbocycles. The Bertz CT molecular complexity index is 1150. The minimum Gasteiger partial charge on any atom is -0.329 e. The van der Waals surface area contributed by atoms with Crippen molar-refractivity contribution < 1.29 is 23.2 Å². The van der Waals surface area contributed by atoms with Crippen LogP contribution in [0.5, 0.6) is 0 Å². The number of hydrogen-bond acceptors (Lipinski definition) is 6. The number of carbonyl (C=O) groups is 2. The summed E-state index contributed by atoms with van der Waals surface area (Å²) >= 11 is 0. The zero-order valence-electron chi connectivity index (χ0n) is 23.3. The summed E-state index contributed by atoms with van der Waals surface area (Å²) in [4.78, 5) is 33.4. The molecule has 2 aromatic rings. The molecule has 0 unspecified atom stereocenters. The number of amides is 2. The molecule has 38 heavy (non-hydrogen) atoms. The standard InChI is InChI=1S/C28H41N4O5P/c1-7-19-30(6)28(34)26-27(31(22-33)20-13-14-21-38(35,36-9-3)37-10-4)29-25(32(26)8-2)18-17-24-16-12-11-15-23(24)5/h1,11-12,15-16,22H,8-10,13-14,17-21H2,2-6H3. The van der Waals surface area contributed by atoms with E-state index >= 15 is 0 Å². The Balaban J connectivity index is 2.33. The summed E-state index contributed by atoms with van der Waals surface area (Å²) in [6, 6.07) is 8.17. The number of hydrogen-bond donors (Lipinski definition) is 0. The number of nitrogens with zero attached hydrogens (tertiary/aromatic N) is 4. The van der Waals surface area contributed by atoms with E-state index in [2.05, 4.69) is 25.0 Å². The first-order chi connectivity index (χ1) is 18.2. The molecule has 0 radical (unpaired) electrons. The van der Waals surface area contributed by atoms with Gasteiger partial charge in [0, 0.05) is 26.6 Å². The number of rotatable bonds is 17. The van der Waals surface area contributed by atoms with E-state index in [0.717, 1.165) is 12.2 Å². The molecule has 208 valence electrons. The summed E-state index contributed by atoms with van der Waals surface area (Å²) in [6.45, 7) is 9.12. The molecule has 0 saturated heterocycles. The topological polar surface area (TPSA) is 94.0 Å². The Morgan fingerprint density at radius 2 is 1.84 bits per heavy atom. The van der Waals surface area contributed by atoms with Crippen LogP contribution in [-0.4, -0.2) is 66.3 Å². The maximum absolute atomic E-state index is 13.5. The van der Waals surface area contributed by atoms with Crippen LogP contribution in [0.3, 0.4) is 0 Å². The van der Waals surface area contributed by atoms with Crippen LogP contribution < -0.4 is 4.90 Å². The van der Waals surface area contributed by atoms with Crippen LogP contribution in [0, 0.1) is 19.3 Å². The molecule has 9 nitrogen and oxygen atoms in total. The van der Waals surface area contributed by atoms with Gasteiger partial charge in [-0.2, -0.15) is 0 Å². The first-order valence-electron chi connectivity index (χ1n) is 13.2. The lowest BCUT2D eigenvalue weighted by Gasteiger charge is -2.21. The second-order valence-corrected chi connectivity index (χ2v) is 11.1. The van der Waals surface area contributed by atoms with Gasteiger partial charge < -0.3 is 18.5 Å². The second kappa shape index (κ2) is 15.5. The first kappa shape index (κ1) is 31.3. The van der Waals surface area contributed by atoms with Crippen molar-refractivity contribution in [3.05, 3.63) is 46.9 Å². The molecular weight excluding hydrogens is 503 g/mol. The molecule has 0 aliphatic heterocycles. The Morgan fingerprint density at radius 3 is 2.42 bits per heavy atom. The number of unbranched alkanes of at least 4 members (excludes halogenated alkanes) is 1. The van der Waals surface area contributed by atoms with Gasteiger partial charge in [-0.25, -0.2) is 4.98 Å². The third kappa shape index (κ3) is 8.29. The highest BCUT2D eigenvalue weighted by atomic mass is 31.2. The highest BCUT2D eigenvalue weighted by Crippen LogP contribution is 2.48. The molecule has 0 atom stereocenters. The predicted molar refractivity (Wildman–Crippen MR) is 151 cm³/mol. The van der Waals surface area contributed by atoms with Crippen molar-refractivity contribution in [3.63, 3.8) is 0 Å². The highest BCUT2D eigenvalue weighted by molar-refractivity contribution is 7.53. The number of aromatic nitrogens is 2. The molecular formula is C28H41N4O5P. The van der Waals surface area contributed by atoms with Crippen LogP contribution in [0.1, 0.15) is 61.1 Å². The zero-order valence-corrected chi connectivity index (χ0v) is 24.2. The number of terminal acetylenes is 1. The molecule has 1 aromatic heterocycles. The van der Waals surface area contributed by atoms with Crippen LogP contribution >= 0.6 is 7.60 Å². The van der Waals surface area contributed by atoms with E-state index in [1.54, 1.807) is 20.9 Å². The van der Waals surface area contributed by atoms with Crippen LogP contribution in [0.2, 0.25) is 0 Å². The summed E-state index contributed by atoms with van der Waals surface area (Å²) in [6.07, 6.45) is 8.82. The van der Waals surface area contributed by atoms with E-state index < -0.39 is 7.60 Å². The molecule has 10 heteroatoms. The molecule has 0 saturated carbocycles. The lowest BCUT2D eigenvalue weighted by atomic mass is 10.0. The SMILES string of the molecule is C#CCN(C)C(=O)c1c(N(C=O)CCCCP(=O)(OCC)OCC)nc(CCc2ccccc2C)n1CC. The van der Waals surface area contributed by atoms with E-state index in [9.17, 15) is 14.2 Å². The second-order valence-electron chi connectivity index (χ2n) is 8.91. The van der Waals surface area contributed by atoms with E-state index in [-0.39, 0.29) is 18.6 Å². The maximum atomic E-state index is 13.5. The van der Waals surface area contributed by atoms with Gasteiger partial charge in [0.25, 0.3) is 5.91 Å². The summed E-state index contributed by atoms with van der Waals surface area (Å²) in [5, 5.41) is 0. The van der Waals surface area contributed by atoms with Crippen LogP contribution in [0.15, 0.2) is 24.3 Å². The van der Waals surface area contributed by atoms with Gasteiger partial charge in [-0.15, -0.1) is 6.42 Å². The normalized spacial score (nSPS) is 11.3. The summed E-state index contributed by atoms with van der Waals surface area (Å²) in [5.41, 5.74) is 2.74. The fourth-order valence-electron chi connectivity index (χ4n) is 4.31. The maximum Gasteiger partial charge on any atom is 0.330 e. The minimum absolute atomic E-state index is 0.136. The molecule has 1 aromatic carbocycles. The van der Waals surface area contributed by atoms with Gasteiger partial charge in [0.1, 0.15) is 5.82 Å². The molecule has 0 aliphatic rings. The molecule has 0 N–H and O–H groups in total. The molecule has 0 bridgehead atoms. The molecule has 1 heterocycles. The molecule has 0 spiro atoms. The van der Waals surface area contributed by atoms with Crippen LogP contribution in [0.25, 0.3) is 0 Å². The molecule has 2 amide bonds. The van der Waals surface area contributed by atoms with E-state index in [0.29, 0.717) is 63.5 Å². The van der Waals surface area contributed by atoms with Crippen molar-refractivity contribution in [2.45, 2.75) is 59.9 Å². The lowest BCUT2D eigenvalue weighted by Crippen LogP contribution is -2.32. The number of carbonyl (C=O) groups excluding carboxylic acids is 2. The third-order valence-electron chi connectivity index (χ3n) is 6.23. The Morgan fingerprint density at radius 1 is 1.16 bits per heavy atom. The van der Waals surface area contributed by atoms with Crippen LogP contribution in [0.4, 0.5) is 5.82 Å². The largest absolute Gasteiger partial charge is 0.330 e. The summed E-state index contributed by atoms with van der Waals surface area (Å²) in [5.74, 6) is 3.25. The average molecular weight is 545 g/mol. The third-order valence-corrected chi connectivity index (χ3v) is 8.40. The van der Waals surface area contributed by atoms with Crippen molar-refractivity contribution in [1.29, 1.82) is 0 Å². The average Bonchev–Trinajstić information content (AvgIpc) is 3.26. The van der Waals surface area contributed by atoms with Gasteiger partial charge in [0.05, 0.1) is 25.9 Å². The predicted octanol–water partition coefficient (Wildman–Crippen LogP) is 4.71. The number of benzene rings is 1. The quantitative estimate of drug-likeness (QED) is 0.124. The fourth-order valence-corrected chi connectivity index (χ4v) is 6.04. The number of anilines is 1. The molecule has 2 rings (SSSR count). The van der Waals surface area contributed by atoms with Crippen molar-refractivity contribution in [3.8, 4) is 12.3 Å². The van der Waals surface area contributed by atoms with Gasteiger partial charge in [-0.05, 0) is 58.1 Å². The summed E-state index contributed by atoms with van der Waals surface area (Å²) in [7, 11) is -1.53. The van der Waals surface area contributed by atoms with Crippen molar-refractivity contribution in [2.75, 3.05) is 44.4 Å². The van der Waals surface area contributed by atoms with Gasteiger partial charge in [-0.1, -0.05) is 30.2 Å². The Kier molecular flexibility index (Phi) is 12.8. The van der Waals surface area contributed by atoms with Crippen LogP contribution in [-0.2, 0) is 37.8 Å². The van der Waals surface area contributed by atoms with Gasteiger partial charge in [0.2, 0.25) is 6.41 Å². The van der Waals surface area contributed by atoms with E-state index in [1.165, 1.54) is 20.9 Å². The van der Waals surface area contributed by atoms with E-state index in [4.69, 9.17) is 20.5 Å². The number of imidazole rings is 1. The first-order valence-corrected chi connectivity index (χ1v) is 14.9. The lowest BCUT2D eigenvalue weighted by molar-refractivity contribution is -0.107. The van der Waals surface area contributed by atoms with Gasteiger partial charge >= 0.3 is 7.60 Å². The highest BCUT2D eigenvalue weighted by Gasteiger charge is 2.28. The molecule has 0 fully saturated rings. The monoisotopic (exact) mass is 544 g/mol. The minimum atomic E-state index is -3.16. The number of aryl methyl sites for hydroxylation is 3. The Labute approximate surface area is 227 Å². The Hall–Kier alpha value is -2.92. The van der Waals surface area contributed by atoms with Gasteiger partial charge in [0.15, 0.2) is 11.5 Å². The van der Waals surface area contributed by atoms with Gasteiger partial charge in [-0.3, -0.25) is 19.1 Å². The van der Waals surface area contributed by atoms with Crippen molar-refractivity contribution in [2.24, 2.45) is 0 Å². The van der Waals surface area contributed by atoms with Crippen molar-refractivity contribution in [1.82, 2.24) is 14.5 Å². The summed E-state index contributed by atoms with van der Waals surface area (Å²) < 4.78 is 25.4. The van der Waals surface area contributed by atoms with E-state index in [1.807, 2.05) is 23.6 Å². The fraction of sp³-hybridized carbons (Fsp3) is 0.536.